The number of halogens is 1. The highest BCUT2D eigenvalue weighted by atomic mass is 127. The molecule has 104 valence electrons. The lowest BCUT2D eigenvalue weighted by atomic mass is 10.1. The summed E-state index contributed by atoms with van der Waals surface area (Å²) in [6.07, 6.45) is 0.406. The summed E-state index contributed by atoms with van der Waals surface area (Å²) in [6, 6.07) is 16.0. The summed E-state index contributed by atoms with van der Waals surface area (Å²) in [6.45, 7) is 2.13. The Morgan fingerprint density at radius 3 is 2.35 bits per heavy atom. The van der Waals surface area contributed by atoms with Crippen LogP contribution >= 0.6 is 34.4 Å². The van der Waals surface area contributed by atoms with Gasteiger partial charge in [0.1, 0.15) is 0 Å². The van der Waals surface area contributed by atoms with Crippen LogP contribution in [0, 0.1) is 3.57 Å². The number of carbonyl (C=O) groups is 1. The third-order valence-electron chi connectivity index (χ3n) is 2.73. The Morgan fingerprint density at radius 2 is 1.75 bits per heavy atom. The fourth-order valence-electron chi connectivity index (χ4n) is 1.79. The molecule has 1 amide bonds. The zero-order valence-electron chi connectivity index (χ0n) is 11.2. The standard InChI is InChI=1S/C16H16INOS/c1-2-20-15-9-3-12(4-10-15)11-16(19)18-14-7-5-13(17)6-8-14/h3-10H,2,11H2,1H3,(H,18,19). The molecule has 0 aliphatic heterocycles. The largest absolute Gasteiger partial charge is 0.326 e. The van der Waals surface area contributed by atoms with Crippen LogP contribution in [0.5, 0.6) is 0 Å². The number of nitrogens with one attached hydrogen (secondary N) is 1. The van der Waals surface area contributed by atoms with Crippen LogP contribution in [-0.4, -0.2) is 11.7 Å². The molecule has 0 heterocycles. The van der Waals surface area contributed by atoms with E-state index in [9.17, 15) is 4.79 Å². The number of benzene rings is 2. The Morgan fingerprint density at radius 1 is 1.10 bits per heavy atom. The van der Waals surface area contributed by atoms with E-state index in [2.05, 4.69) is 47.0 Å². The van der Waals surface area contributed by atoms with E-state index < -0.39 is 0 Å². The predicted molar refractivity (Wildman–Crippen MR) is 94.3 cm³/mol. The van der Waals surface area contributed by atoms with E-state index in [-0.39, 0.29) is 5.91 Å². The van der Waals surface area contributed by atoms with Crippen molar-refractivity contribution in [3.8, 4) is 0 Å². The van der Waals surface area contributed by atoms with Gasteiger partial charge in [0.15, 0.2) is 0 Å². The Kier molecular flexibility index (Phi) is 5.91. The quantitative estimate of drug-likeness (QED) is 0.591. The molecular weight excluding hydrogens is 381 g/mol. The van der Waals surface area contributed by atoms with Gasteiger partial charge in [-0.15, -0.1) is 11.8 Å². The van der Waals surface area contributed by atoms with Gasteiger partial charge in [-0.1, -0.05) is 19.1 Å². The van der Waals surface area contributed by atoms with Crippen LogP contribution in [0.4, 0.5) is 5.69 Å². The van der Waals surface area contributed by atoms with Gasteiger partial charge < -0.3 is 5.32 Å². The maximum atomic E-state index is 12.0. The molecule has 2 aromatic carbocycles. The van der Waals surface area contributed by atoms with Gasteiger partial charge in [0.25, 0.3) is 0 Å². The van der Waals surface area contributed by atoms with Crippen LogP contribution in [0.15, 0.2) is 53.4 Å². The zero-order valence-corrected chi connectivity index (χ0v) is 14.2. The van der Waals surface area contributed by atoms with Gasteiger partial charge in [-0.25, -0.2) is 0 Å². The Bertz CT molecular complexity index is 566. The first-order valence-corrected chi connectivity index (χ1v) is 8.51. The van der Waals surface area contributed by atoms with Crippen LogP contribution in [0.25, 0.3) is 0 Å². The highest BCUT2D eigenvalue weighted by Gasteiger charge is 2.04. The fraction of sp³-hybridized carbons (Fsp3) is 0.188. The van der Waals surface area contributed by atoms with E-state index in [1.54, 1.807) is 11.8 Å². The summed E-state index contributed by atoms with van der Waals surface area (Å²) in [5.74, 6) is 1.08. The van der Waals surface area contributed by atoms with Crippen molar-refractivity contribution in [2.45, 2.75) is 18.2 Å². The van der Waals surface area contributed by atoms with Gasteiger partial charge in [0.05, 0.1) is 6.42 Å². The molecule has 0 atom stereocenters. The highest BCUT2D eigenvalue weighted by Crippen LogP contribution is 2.18. The SMILES string of the molecule is CCSc1ccc(CC(=O)Nc2ccc(I)cc2)cc1. The molecule has 0 fully saturated rings. The summed E-state index contributed by atoms with van der Waals surface area (Å²) in [5.41, 5.74) is 1.88. The molecule has 0 radical (unpaired) electrons. The zero-order chi connectivity index (χ0) is 14.4. The second-order valence-electron chi connectivity index (χ2n) is 4.31. The molecule has 0 saturated carbocycles. The van der Waals surface area contributed by atoms with Crippen molar-refractivity contribution < 1.29 is 4.79 Å². The van der Waals surface area contributed by atoms with Crippen molar-refractivity contribution >= 4 is 45.9 Å². The molecule has 0 unspecified atom stereocenters. The summed E-state index contributed by atoms with van der Waals surface area (Å²) in [4.78, 5) is 13.2. The number of rotatable bonds is 5. The van der Waals surface area contributed by atoms with Crippen molar-refractivity contribution in [3.63, 3.8) is 0 Å². The first-order chi connectivity index (χ1) is 9.67. The highest BCUT2D eigenvalue weighted by molar-refractivity contribution is 14.1. The number of hydrogen-bond donors (Lipinski definition) is 1. The van der Waals surface area contributed by atoms with Crippen LogP contribution < -0.4 is 5.32 Å². The molecule has 0 bridgehead atoms. The summed E-state index contributed by atoms with van der Waals surface area (Å²) >= 11 is 4.05. The smallest absolute Gasteiger partial charge is 0.228 e. The second kappa shape index (κ2) is 7.69. The lowest BCUT2D eigenvalue weighted by Crippen LogP contribution is -2.14. The third kappa shape index (κ3) is 4.83. The lowest BCUT2D eigenvalue weighted by Gasteiger charge is -2.06. The summed E-state index contributed by atoms with van der Waals surface area (Å²) < 4.78 is 1.16. The first-order valence-electron chi connectivity index (χ1n) is 6.44. The van der Waals surface area contributed by atoms with E-state index >= 15 is 0 Å². The van der Waals surface area contributed by atoms with Crippen molar-refractivity contribution in [1.29, 1.82) is 0 Å². The Hall–Kier alpha value is -1.01. The molecule has 20 heavy (non-hydrogen) atoms. The van der Waals surface area contributed by atoms with Crippen LogP contribution in [0.3, 0.4) is 0 Å². The van der Waals surface area contributed by atoms with Crippen LogP contribution in [-0.2, 0) is 11.2 Å². The van der Waals surface area contributed by atoms with Crippen LogP contribution in [0.2, 0.25) is 0 Å². The third-order valence-corrected chi connectivity index (χ3v) is 4.34. The average Bonchev–Trinajstić information content (AvgIpc) is 2.44. The maximum absolute atomic E-state index is 12.0. The fourth-order valence-corrected chi connectivity index (χ4v) is 2.82. The maximum Gasteiger partial charge on any atom is 0.228 e. The van der Waals surface area contributed by atoms with Crippen molar-refractivity contribution in [2.75, 3.05) is 11.1 Å². The molecule has 1 N–H and O–H groups in total. The molecule has 0 aliphatic carbocycles. The van der Waals surface area contributed by atoms with E-state index in [0.717, 1.165) is 20.6 Å². The van der Waals surface area contributed by atoms with E-state index in [1.165, 1.54) is 4.90 Å². The molecular formula is C16H16INOS. The molecule has 0 saturated heterocycles. The van der Waals surface area contributed by atoms with Crippen molar-refractivity contribution in [1.82, 2.24) is 0 Å². The van der Waals surface area contributed by atoms with Crippen molar-refractivity contribution in [3.05, 3.63) is 57.7 Å². The van der Waals surface area contributed by atoms with Gasteiger partial charge in [0.2, 0.25) is 5.91 Å². The minimum atomic E-state index is 0.0158. The number of hydrogen-bond acceptors (Lipinski definition) is 2. The molecule has 4 heteroatoms. The first kappa shape index (κ1) is 15.4. The number of anilines is 1. The number of carbonyl (C=O) groups excluding carboxylic acids is 1. The number of amides is 1. The Labute approximate surface area is 137 Å². The average molecular weight is 397 g/mol. The molecule has 2 aromatic rings. The Balaban J connectivity index is 1.92. The predicted octanol–water partition coefficient (Wildman–Crippen LogP) is 4.58. The van der Waals surface area contributed by atoms with Crippen molar-refractivity contribution in [2.24, 2.45) is 0 Å². The van der Waals surface area contributed by atoms with Gasteiger partial charge in [-0.2, -0.15) is 0 Å². The number of thioether (sulfide) groups is 1. The van der Waals surface area contributed by atoms with Gasteiger partial charge >= 0.3 is 0 Å². The molecule has 0 aromatic heterocycles. The minimum absolute atomic E-state index is 0.0158. The molecule has 0 spiro atoms. The molecule has 0 aliphatic rings. The minimum Gasteiger partial charge on any atom is -0.326 e. The monoisotopic (exact) mass is 397 g/mol. The van der Waals surface area contributed by atoms with E-state index in [0.29, 0.717) is 6.42 Å². The van der Waals surface area contributed by atoms with E-state index in [1.807, 2.05) is 36.4 Å². The van der Waals surface area contributed by atoms with Gasteiger partial charge in [-0.05, 0) is 70.3 Å². The normalized spacial score (nSPS) is 10.3. The second-order valence-corrected chi connectivity index (χ2v) is 6.89. The summed E-state index contributed by atoms with van der Waals surface area (Å²) in [7, 11) is 0. The van der Waals surface area contributed by atoms with Gasteiger partial charge in [-0.3, -0.25) is 4.79 Å². The topological polar surface area (TPSA) is 29.1 Å². The van der Waals surface area contributed by atoms with Gasteiger partial charge in [0, 0.05) is 14.2 Å². The van der Waals surface area contributed by atoms with E-state index in [4.69, 9.17) is 0 Å². The molecule has 2 rings (SSSR count). The molecule has 2 nitrogen and oxygen atoms in total. The van der Waals surface area contributed by atoms with Crippen LogP contribution in [0.1, 0.15) is 12.5 Å². The summed E-state index contributed by atoms with van der Waals surface area (Å²) in [5, 5.41) is 2.91. The lowest BCUT2D eigenvalue weighted by molar-refractivity contribution is -0.115.